The Morgan fingerprint density at radius 3 is 3.00 bits per heavy atom. The van der Waals surface area contributed by atoms with Crippen LogP contribution >= 0.6 is 0 Å². The fraction of sp³-hybridized carbons (Fsp3) is 0.476. The number of hydrogen-bond acceptors (Lipinski definition) is 5. The van der Waals surface area contributed by atoms with E-state index in [9.17, 15) is 4.39 Å². The maximum absolute atomic E-state index is 13.3. The molecule has 2 saturated heterocycles. The normalized spacial score (nSPS) is 26.2. The third-order valence-corrected chi connectivity index (χ3v) is 5.29. The molecule has 144 valence electrons. The standard InChI is InChI=1S/C21H26FN3O2/c22-19-2-1-3-20(10-19)24-12-18-11-21(27-14-18)15-25(8-9-26-16-21)13-17-4-6-23-7-5-17/h1-7,10,18,24H,8-9,11-16H2/t18-,21-/m0/s1. The van der Waals surface area contributed by atoms with Crippen LogP contribution in [-0.2, 0) is 16.0 Å². The number of anilines is 1. The Hall–Kier alpha value is -2.02. The average molecular weight is 371 g/mol. The van der Waals surface area contributed by atoms with E-state index in [1.54, 1.807) is 6.07 Å². The van der Waals surface area contributed by atoms with Crippen molar-refractivity contribution in [3.8, 4) is 0 Å². The van der Waals surface area contributed by atoms with E-state index in [1.165, 1.54) is 17.7 Å². The minimum Gasteiger partial charge on any atom is -0.385 e. The lowest BCUT2D eigenvalue weighted by Gasteiger charge is -2.31. The van der Waals surface area contributed by atoms with Gasteiger partial charge < -0.3 is 14.8 Å². The van der Waals surface area contributed by atoms with Crippen molar-refractivity contribution in [2.75, 3.05) is 44.8 Å². The first kappa shape index (κ1) is 18.3. The molecule has 0 radical (unpaired) electrons. The quantitative estimate of drug-likeness (QED) is 0.876. The van der Waals surface area contributed by atoms with E-state index < -0.39 is 0 Å². The van der Waals surface area contributed by atoms with E-state index in [-0.39, 0.29) is 11.4 Å². The summed E-state index contributed by atoms with van der Waals surface area (Å²) in [5.41, 5.74) is 1.81. The summed E-state index contributed by atoms with van der Waals surface area (Å²) >= 11 is 0. The number of nitrogens with one attached hydrogen (secondary N) is 1. The predicted octanol–water partition coefficient (Wildman–Crippen LogP) is 2.94. The molecule has 1 aromatic heterocycles. The highest BCUT2D eigenvalue weighted by atomic mass is 19.1. The third-order valence-electron chi connectivity index (χ3n) is 5.29. The van der Waals surface area contributed by atoms with Crippen LogP contribution in [0.3, 0.4) is 0 Å². The van der Waals surface area contributed by atoms with Crippen molar-refractivity contribution in [1.82, 2.24) is 9.88 Å². The molecule has 27 heavy (non-hydrogen) atoms. The number of halogens is 1. The van der Waals surface area contributed by atoms with Crippen molar-refractivity contribution >= 4 is 5.69 Å². The molecular weight excluding hydrogens is 345 g/mol. The van der Waals surface area contributed by atoms with Gasteiger partial charge in [-0.25, -0.2) is 4.39 Å². The Kier molecular flexibility index (Phi) is 5.66. The van der Waals surface area contributed by atoms with Gasteiger partial charge in [-0.3, -0.25) is 9.88 Å². The third kappa shape index (κ3) is 4.83. The number of hydrogen-bond donors (Lipinski definition) is 1. The molecule has 0 unspecified atom stereocenters. The molecule has 0 amide bonds. The summed E-state index contributed by atoms with van der Waals surface area (Å²) in [6, 6.07) is 10.7. The van der Waals surface area contributed by atoms with E-state index in [0.29, 0.717) is 19.1 Å². The smallest absolute Gasteiger partial charge is 0.125 e. The highest BCUT2D eigenvalue weighted by Gasteiger charge is 2.43. The van der Waals surface area contributed by atoms with Crippen molar-refractivity contribution in [3.63, 3.8) is 0 Å². The SMILES string of the molecule is Fc1cccc(NC[C@H]2CO[C@@]3(COCCN(Cc4ccncc4)C3)C2)c1. The molecule has 5 nitrogen and oxygen atoms in total. The van der Waals surface area contributed by atoms with Crippen molar-refractivity contribution in [2.24, 2.45) is 5.92 Å². The number of rotatable bonds is 5. The Morgan fingerprint density at radius 2 is 2.15 bits per heavy atom. The molecular formula is C21H26FN3O2. The van der Waals surface area contributed by atoms with Gasteiger partial charge in [0.15, 0.2) is 0 Å². The van der Waals surface area contributed by atoms with Crippen LogP contribution in [0.15, 0.2) is 48.8 Å². The predicted molar refractivity (Wildman–Crippen MR) is 102 cm³/mol. The van der Waals surface area contributed by atoms with Crippen molar-refractivity contribution in [3.05, 3.63) is 60.2 Å². The number of aromatic nitrogens is 1. The summed E-state index contributed by atoms with van der Waals surface area (Å²) in [5, 5.41) is 3.33. The Labute approximate surface area is 159 Å². The molecule has 0 bridgehead atoms. The van der Waals surface area contributed by atoms with E-state index >= 15 is 0 Å². The number of ether oxygens (including phenoxy) is 2. The highest BCUT2D eigenvalue weighted by molar-refractivity contribution is 5.43. The highest BCUT2D eigenvalue weighted by Crippen LogP contribution is 2.33. The average Bonchev–Trinajstić information content (AvgIpc) is 2.96. The molecule has 2 aliphatic rings. The molecule has 4 rings (SSSR count). The number of pyridine rings is 1. The van der Waals surface area contributed by atoms with Gasteiger partial charge >= 0.3 is 0 Å². The van der Waals surface area contributed by atoms with Crippen LogP contribution in [0.2, 0.25) is 0 Å². The molecule has 1 spiro atoms. The monoisotopic (exact) mass is 371 g/mol. The topological polar surface area (TPSA) is 46.6 Å². The number of benzene rings is 1. The summed E-state index contributed by atoms with van der Waals surface area (Å²) in [6.07, 6.45) is 4.61. The molecule has 2 atom stereocenters. The van der Waals surface area contributed by atoms with Crippen molar-refractivity contribution in [1.29, 1.82) is 0 Å². The van der Waals surface area contributed by atoms with Crippen LogP contribution in [0, 0.1) is 11.7 Å². The molecule has 0 saturated carbocycles. The lowest BCUT2D eigenvalue weighted by Crippen LogP contribution is -2.43. The molecule has 3 heterocycles. The minimum absolute atomic E-state index is 0.219. The van der Waals surface area contributed by atoms with Crippen LogP contribution < -0.4 is 5.32 Å². The Balaban J connectivity index is 1.34. The second-order valence-electron chi connectivity index (χ2n) is 7.57. The number of nitrogens with zero attached hydrogens (tertiary/aromatic N) is 2. The van der Waals surface area contributed by atoms with Gasteiger partial charge in [-0.1, -0.05) is 6.07 Å². The lowest BCUT2D eigenvalue weighted by molar-refractivity contribution is -0.0562. The van der Waals surface area contributed by atoms with Gasteiger partial charge in [-0.05, 0) is 42.3 Å². The Morgan fingerprint density at radius 1 is 1.26 bits per heavy atom. The van der Waals surface area contributed by atoms with Gasteiger partial charge in [0, 0.05) is 50.2 Å². The minimum atomic E-state index is -0.252. The van der Waals surface area contributed by atoms with Crippen LogP contribution in [0.1, 0.15) is 12.0 Å². The first-order valence-electron chi connectivity index (χ1n) is 9.53. The van der Waals surface area contributed by atoms with Crippen LogP contribution in [0.4, 0.5) is 10.1 Å². The van der Waals surface area contributed by atoms with Gasteiger partial charge in [0.1, 0.15) is 11.4 Å². The Bertz CT molecular complexity index is 745. The zero-order valence-corrected chi connectivity index (χ0v) is 15.4. The van der Waals surface area contributed by atoms with Gasteiger partial charge in [0.25, 0.3) is 0 Å². The van der Waals surface area contributed by atoms with E-state index in [0.717, 1.165) is 44.9 Å². The largest absolute Gasteiger partial charge is 0.385 e. The fourth-order valence-electron chi connectivity index (χ4n) is 4.01. The fourth-order valence-corrected chi connectivity index (χ4v) is 4.01. The second kappa shape index (κ2) is 8.33. The molecule has 2 aliphatic heterocycles. The van der Waals surface area contributed by atoms with Crippen LogP contribution in [0.25, 0.3) is 0 Å². The summed E-state index contributed by atoms with van der Waals surface area (Å²) in [4.78, 5) is 6.50. The van der Waals surface area contributed by atoms with Crippen molar-refractivity contribution < 1.29 is 13.9 Å². The van der Waals surface area contributed by atoms with E-state index in [4.69, 9.17) is 9.47 Å². The summed E-state index contributed by atoms with van der Waals surface area (Å²) in [6.45, 7) is 5.48. The zero-order valence-electron chi connectivity index (χ0n) is 15.4. The first-order chi connectivity index (χ1) is 13.2. The molecule has 2 fully saturated rings. The lowest BCUT2D eigenvalue weighted by atomic mass is 9.94. The second-order valence-corrected chi connectivity index (χ2v) is 7.57. The summed E-state index contributed by atoms with van der Waals surface area (Å²) in [7, 11) is 0. The van der Waals surface area contributed by atoms with Gasteiger partial charge in [-0.15, -0.1) is 0 Å². The summed E-state index contributed by atoms with van der Waals surface area (Å²) < 4.78 is 25.5. The first-order valence-corrected chi connectivity index (χ1v) is 9.53. The molecule has 1 N–H and O–H groups in total. The van der Waals surface area contributed by atoms with Gasteiger partial charge in [-0.2, -0.15) is 0 Å². The van der Waals surface area contributed by atoms with Crippen LogP contribution in [0.5, 0.6) is 0 Å². The molecule has 1 aromatic carbocycles. The maximum Gasteiger partial charge on any atom is 0.125 e. The van der Waals surface area contributed by atoms with E-state index in [2.05, 4.69) is 27.3 Å². The molecule has 0 aliphatic carbocycles. The zero-order chi connectivity index (χ0) is 18.5. The molecule has 6 heteroatoms. The maximum atomic E-state index is 13.3. The van der Waals surface area contributed by atoms with E-state index in [1.807, 2.05) is 18.5 Å². The van der Waals surface area contributed by atoms with Gasteiger partial charge in [0.05, 0.1) is 19.8 Å². The molecule has 2 aromatic rings. The van der Waals surface area contributed by atoms with Crippen LogP contribution in [-0.4, -0.2) is 54.9 Å². The van der Waals surface area contributed by atoms with Crippen molar-refractivity contribution in [2.45, 2.75) is 18.6 Å². The summed E-state index contributed by atoms with van der Waals surface area (Å²) in [5.74, 6) is 0.167. The van der Waals surface area contributed by atoms with Gasteiger partial charge in [0.2, 0.25) is 0 Å².